The Morgan fingerprint density at radius 3 is 1.08 bits per heavy atom. The number of carbonyl (C=O) groups excluding carboxylic acids is 6. The van der Waals surface area contributed by atoms with Crippen LogP contribution in [-0.2, 0) is 91.8 Å². The maximum Gasteiger partial charge on any atom is 0.299 e. The highest BCUT2D eigenvalue weighted by molar-refractivity contribution is 5.94. The molecule has 2 heterocycles. The number of ether oxygens (including phenoxy) is 5. The number of aryl methyl sites for hydroxylation is 2. The molecule has 8 rings (SSSR count). The molecule has 8 aromatic rings. The van der Waals surface area contributed by atoms with Crippen molar-refractivity contribution in [2.75, 3.05) is 65.9 Å². The average Bonchev–Trinajstić information content (AvgIpc) is 1.50. The lowest BCUT2D eigenvalue weighted by molar-refractivity contribution is -0.222. The Morgan fingerprint density at radius 2 is 0.743 bits per heavy atom. The van der Waals surface area contributed by atoms with E-state index in [9.17, 15) is 39.0 Å². The molecule has 105 heavy (non-hydrogen) atoms. The highest BCUT2D eigenvalue weighted by atomic mass is 16.6. The molecule has 2 aromatic heterocycles. The van der Waals surface area contributed by atoms with Crippen LogP contribution in [0.1, 0.15) is 108 Å². The van der Waals surface area contributed by atoms with E-state index in [4.69, 9.17) is 23.7 Å². The third kappa shape index (κ3) is 29.8. The molecule has 0 spiro atoms. The summed E-state index contributed by atoms with van der Waals surface area (Å²) in [5.74, 6) is -2.60. The summed E-state index contributed by atoms with van der Waals surface area (Å²) in [5.41, 5.74) is 13.8. The predicted octanol–water partition coefficient (Wildman–Crippen LogP) is 3.88. The Hall–Kier alpha value is -10.9. The van der Waals surface area contributed by atoms with E-state index in [1.807, 2.05) is 121 Å². The summed E-state index contributed by atoms with van der Waals surface area (Å²) in [5, 5.41) is 53.3. The van der Waals surface area contributed by atoms with Crippen molar-refractivity contribution in [3.63, 3.8) is 0 Å². The van der Waals surface area contributed by atoms with E-state index in [0.717, 1.165) is 33.4 Å². The molecule has 29 nitrogen and oxygen atoms in total. The molecule has 6 aromatic carbocycles. The molecule has 0 saturated heterocycles. The van der Waals surface area contributed by atoms with Gasteiger partial charge in [-0.15, -0.1) is 10.2 Å². The Kier molecular flexibility index (Phi) is 34.4. The molecular formula is C76H96N16O13+2. The molecule has 0 radical (unpaired) electrons. The fourth-order valence-corrected chi connectivity index (χ4v) is 11.0. The van der Waals surface area contributed by atoms with Crippen LogP contribution in [0.25, 0.3) is 0 Å². The standard InChI is InChI=1S/C76H94N16O13/c77-75(79-37-13-25-65(71(97)81-49-55-29-33-63(93)34-30-55)83-73(99)69(57-17-5-1-6-18-57)58-19-7-2-8-20-58)85-67(95)27-15-39-91-51-61(87-89-91)53-104-47-45-102-43-41-101-42-44-103-46-48-105-54-62-52-92(90-88-62)40-16-28-68(96)86-76(78)80-38-14-26-66(72(98)82-50-56-31-35-64(94)36-32-56)84-74(100)70(59-21-9-3-10-22-59)60-23-11-4-12-24-60/h1-12,17-24,29-36,51-52,65-66,69-70,93-94H,13-16,25-28,37-50,53-54H2,(H,81,97)(H,82,98)(H,83,99)(H,84,100)(H3,77,79,85,95)(H3,78,80,86,96)/p+2/t65-,66-/m1/s1. The SMILES string of the molecule is [NH3+]C(=NCCC[C@@H](NC(=O)C(c1ccccc1)c1ccccc1)C(=O)NCc1ccc(O)cc1)NC(=O)CCCn1cc(COCCOCCOCCOCCOCc2cn(CCCC(=O)NC([NH3+])=NCCC[C@@H](NC(=O)C(c3ccccc3)c3ccccc3)C(=O)NCc3ccc(O)cc3)nn2)nn1. The molecule has 14 N–H and O–H groups in total. The number of phenolic OH excluding ortho intramolecular Hbond substituents is 2. The number of carbonyl (C=O) groups is 6. The van der Waals surface area contributed by atoms with Crippen molar-refractivity contribution in [3.05, 3.63) is 227 Å². The number of guanidine groups is 2. The van der Waals surface area contributed by atoms with E-state index < -0.39 is 23.9 Å². The van der Waals surface area contributed by atoms with Gasteiger partial charge in [0, 0.05) is 52.1 Å². The Labute approximate surface area is 609 Å². The number of nitrogens with zero attached hydrogens (tertiary/aromatic N) is 8. The largest absolute Gasteiger partial charge is 0.508 e. The summed E-state index contributed by atoms with van der Waals surface area (Å²) in [6.07, 6.45) is 6.21. The van der Waals surface area contributed by atoms with Gasteiger partial charge in [-0.3, -0.25) is 60.2 Å². The van der Waals surface area contributed by atoms with Gasteiger partial charge in [-0.25, -0.2) is 9.98 Å². The van der Waals surface area contributed by atoms with E-state index in [0.29, 0.717) is 103 Å². The summed E-state index contributed by atoms with van der Waals surface area (Å²) < 4.78 is 31.5. The lowest BCUT2D eigenvalue weighted by atomic mass is 9.90. The van der Waals surface area contributed by atoms with E-state index in [1.54, 1.807) is 70.3 Å². The highest BCUT2D eigenvalue weighted by Gasteiger charge is 2.30. The van der Waals surface area contributed by atoms with Crippen molar-refractivity contribution >= 4 is 47.4 Å². The fourth-order valence-electron chi connectivity index (χ4n) is 11.0. The summed E-state index contributed by atoms with van der Waals surface area (Å²) in [4.78, 5) is 89.7. The first kappa shape index (κ1) is 79.8. The normalized spacial score (nSPS) is 12.2. The first-order valence-corrected chi connectivity index (χ1v) is 35.1. The highest BCUT2D eigenvalue weighted by Crippen LogP contribution is 2.27. The molecule has 0 fully saturated rings. The van der Waals surface area contributed by atoms with Crippen LogP contribution in [0.5, 0.6) is 11.5 Å². The third-order valence-electron chi connectivity index (χ3n) is 16.3. The molecule has 0 unspecified atom stereocenters. The van der Waals surface area contributed by atoms with Crippen LogP contribution < -0.4 is 43.4 Å². The van der Waals surface area contributed by atoms with Gasteiger partial charge < -0.3 is 55.2 Å². The zero-order valence-electron chi connectivity index (χ0n) is 59.0. The van der Waals surface area contributed by atoms with Gasteiger partial charge in [-0.2, -0.15) is 0 Å². The average molecular weight is 1440 g/mol. The maximum absolute atomic E-state index is 14.0. The summed E-state index contributed by atoms with van der Waals surface area (Å²) in [6.45, 7) is 5.20. The van der Waals surface area contributed by atoms with Crippen LogP contribution in [0.2, 0.25) is 0 Å². The quantitative estimate of drug-likeness (QED) is 0.0147. The zero-order chi connectivity index (χ0) is 74.1. The van der Waals surface area contributed by atoms with Crippen LogP contribution in [0.4, 0.5) is 0 Å². The Bertz CT molecular complexity index is 3630. The zero-order valence-corrected chi connectivity index (χ0v) is 59.0. The molecule has 6 amide bonds. The van der Waals surface area contributed by atoms with Gasteiger partial charge in [0.25, 0.3) is 11.9 Å². The summed E-state index contributed by atoms with van der Waals surface area (Å²) in [7, 11) is 0. The van der Waals surface area contributed by atoms with Crippen LogP contribution in [0, 0.1) is 0 Å². The van der Waals surface area contributed by atoms with Gasteiger partial charge >= 0.3 is 0 Å². The minimum atomic E-state index is -0.888. The van der Waals surface area contributed by atoms with Gasteiger partial charge in [0.1, 0.15) is 35.0 Å². The maximum atomic E-state index is 14.0. The van der Waals surface area contributed by atoms with E-state index in [1.165, 1.54) is 0 Å². The number of hydrogen-bond acceptors (Lipinski definition) is 19. The first-order valence-electron chi connectivity index (χ1n) is 35.1. The second-order valence-electron chi connectivity index (χ2n) is 24.5. The molecule has 0 aliphatic heterocycles. The number of hydrogen-bond donors (Lipinski definition) is 10. The minimum absolute atomic E-state index is 0.114. The smallest absolute Gasteiger partial charge is 0.299 e. The van der Waals surface area contributed by atoms with Crippen molar-refractivity contribution in [3.8, 4) is 11.5 Å². The summed E-state index contributed by atoms with van der Waals surface area (Å²) in [6, 6.07) is 48.8. The second kappa shape index (κ2) is 45.2. The Balaban J connectivity index is 0.609. The van der Waals surface area contributed by atoms with E-state index in [2.05, 4.69) is 74.0 Å². The molecule has 556 valence electrons. The number of phenols is 2. The number of nitrogens with one attached hydrogen (secondary N) is 6. The van der Waals surface area contributed by atoms with Crippen molar-refractivity contribution < 1.29 is 74.1 Å². The molecule has 29 heteroatoms. The third-order valence-corrected chi connectivity index (χ3v) is 16.3. The molecule has 0 bridgehead atoms. The summed E-state index contributed by atoms with van der Waals surface area (Å²) >= 11 is 0. The second-order valence-corrected chi connectivity index (χ2v) is 24.5. The number of aromatic nitrogens is 6. The van der Waals surface area contributed by atoms with Crippen LogP contribution in [0.15, 0.2) is 192 Å². The first-order chi connectivity index (χ1) is 51.2. The number of rotatable bonds is 46. The van der Waals surface area contributed by atoms with Crippen molar-refractivity contribution in [2.24, 2.45) is 9.98 Å². The van der Waals surface area contributed by atoms with E-state index in [-0.39, 0.29) is 124 Å². The van der Waals surface area contributed by atoms with Crippen LogP contribution in [-0.4, -0.2) is 166 Å². The molecular weight excluding hydrogens is 1340 g/mol. The minimum Gasteiger partial charge on any atom is -0.508 e. The fraction of sp³-hybridized carbons (Fsp3) is 0.368. The number of aromatic hydroxyl groups is 2. The topological polar surface area (TPSA) is 403 Å². The van der Waals surface area contributed by atoms with Crippen LogP contribution in [0.3, 0.4) is 0 Å². The van der Waals surface area contributed by atoms with Gasteiger partial charge in [0.15, 0.2) is 0 Å². The Morgan fingerprint density at radius 1 is 0.419 bits per heavy atom. The number of quaternary nitrogens is 2. The molecule has 2 atom stereocenters. The molecule has 0 aliphatic rings. The molecule has 0 aliphatic carbocycles. The monoisotopic (exact) mass is 1440 g/mol. The van der Waals surface area contributed by atoms with Gasteiger partial charge in [0.05, 0.1) is 90.3 Å². The lowest BCUT2D eigenvalue weighted by Crippen LogP contribution is -2.65. The van der Waals surface area contributed by atoms with Gasteiger partial charge in [-0.1, -0.05) is 156 Å². The number of amides is 6. The van der Waals surface area contributed by atoms with Gasteiger partial charge in [-0.05, 0) is 96.2 Å². The molecule has 0 saturated carbocycles. The predicted molar refractivity (Wildman–Crippen MR) is 389 cm³/mol. The van der Waals surface area contributed by atoms with Crippen LogP contribution >= 0.6 is 0 Å². The van der Waals surface area contributed by atoms with Crippen molar-refractivity contribution in [2.45, 2.75) is 115 Å². The number of aliphatic imine (C=N–C) groups is 2. The number of benzene rings is 6. The van der Waals surface area contributed by atoms with Gasteiger partial charge in [0.2, 0.25) is 35.4 Å². The van der Waals surface area contributed by atoms with Crippen molar-refractivity contribution in [1.29, 1.82) is 0 Å². The van der Waals surface area contributed by atoms with Crippen molar-refractivity contribution in [1.82, 2.24) is 61.9 Å². The van der Waals surface area contributed by atoms with E-state index >= 15 is 0 Å². The lowest BCUT2D eigenvalue weighted by Gasteiger charge is -2.23.